The summed E-state index contributed by atoms with van der Waals surface area (Å²) in [6.07, 6.45) is 1.51. The monoisotopic (exact) mass is 222 g/mol. The summed E-state index contributed by atoms with van der Waals surface area (Å²) >= 11 is 0. The third kappa shape index (κ3) is 1.51. The maximum absolute atomic E-state index is 11.8. The summed E-state index contributed by atoms with van der Waals surface area (Å²) in [5.41, 5.74) is 0.00869. The van der Waals surface area contributed by atoms with Gasteiger partial charge in [0.2, 0.25) is 5.91 Å². The van der Waals surface area contributed by atoms with Crippen LogP contribution in [0.5, 0.6) is 0 Å². The van der Waals surface area contributed by atoms with Gasteiger partial charge in [-0.2, -0.15) is 5.26 Å². The molecule has 1 amide bonds. The molecule has 3 unspecified atom stereocenters. The fourth-order valence-electron chi connectivity index (χ4n) is 2.91. The Kier molecular flexibility index (Phi) is 2.67. The van der Waals surface area contributed by atoms with Crippen molar-refractivity contribution in [1.29, 1.82) is 5.26 Å². The predicted octanol–water partition coefficient (Wildman–Crippen LogP) is 1.17. The summed E-state index contributed by atoms with van der Waals surface area (Å²) < 4.78 is 5.38. The van der Waals surface area contributed by atoms with E-state index in [1.807, 2.05) is 4.90 Å². The van der Waals surface area contributed by atoms with Crippen LogP contribution in [0, 0.1) is 22.7 Å². The van der Waals surface area contributed by atoms with Crippen LogP contribution in [-0.4, -0.2) is 36.6 Å². The minimum absolute atomic E-state index is 0.00869. The highest BCUT2D eigenvalue weighted by Crippen LogP contribution is 2.46. The zero-order chi connectivity index (χ0) is 11.9. The van der Waals surface area contributed by atoms with Crippen molar-refractivity contribution >= 4 is 5.91 Å². The molecule has 4 nitrogen and oxygen atoms in total. The second-order valence-electron chi connectivity index (χ2n) is 5.37. The number of rotatable bonds is 2. The van der Waals surface area contributed by atoms with Crippen molar-refractivity contribution in [1.82, 2.24) is 4.90 Å². The standard InChI is InChI=1S/C12H18N2O2/c1-12(2)9(5-10(12)16-3)14-7-8(6-13)4-11(14)15/h8-10H,4-5,7H2,1-3H3. The van der Waals surface area contributed by atoms with Gasteiger partial charge in [-0.05, 0) is 6.42 Å². The van der Waals surface area contributed by atoms with E-state index in [4.69, 9.17) is 10.00 Å². The van der Waals surface area contributed by atoms with E-state index in [9.17, 15) is 4.79 Å². The minimum atomic E-state index is -0.120. The first-order chi connectivity index (χ1) is 7.50. The Labute approximate surface area is 96.2 Å². The first-order valence-corrected chi connectivity index (χ1v) is 5.72. The molecule has 88 valence electrons. The number of hydrogen-bond donors (Lipinski definition) is 0. The van der Waals surface area contributed by atoms with Gasteiger partial charge >= 0.3 is 0 Å². The highest BCUT2D eigenvalue weighted by molar-refractivity contribution is 5.79. The van der Waals surface area contributed by atoms with Crippen LogP contribution in [0.3, 0.4) is 0 Å². The maximum Gasteiger partial charge on any atom is 0.224 e. The topological polar surface area (TPSA) is 53.3 Å². The lowest BCUT2D eigenvalue weighted by atomic mass is 9.64. The van der Waals surface area contributed by atoms with Gasteiger partial charge in [-0.25, -0.2) is 0 Å². The second kappa shape index (κ2) is 3.74. The summed E-state index contributed by atoms with van der Waals surface area (Å²) in [7, 11) is 1.71. The molecule has 3 atom stereocenters. The molecule has 0 bridgehead atoms. The lowest BCUT2D eigenvalue weighted by Gasteiger charge is -2.54. The molecule has 2 rings (SSSR count). The Morgan fingerprint density at radius 3 is 2.69 bits per heavy atom. The minimum Gasteiger partial charge on any atom is -0.381 e. The van der Waals surface area contributed by atoms with Crippen LogP contribution in [0.1, 0.15) is 26.7 Å². The Morgan fingerprint density at radius 2 is 2.25 bits per heavy atom. The summed E-state index contributed by atoms with van der Waals surface area (Å²) in [4.78, 5) is 13.7. The molecule has 1 aliphatic carbocycles. The highest BCUT2D eigenvalue weighted by Gasteiger charge is 2.53. The van der Waals surface area contributed by atoms with Crippen molar-refractivity contribution in [2.75, 3.05) is 13.7 Å². The van der Waals surface area contributed by atoms with Crippen LogP contribution in [0.25, 0.3) is 0 Å². The Morgan fingerprint density at radius 1 is 1.56 bits per heavy atom. The number of ether oxygens (including phenoxy) is 1. The van der Waals surface area contributed by atoms with Crippen molar-refractivity contribution in [2.45, 2.75) is 38.8 Å². The Balaban J connectivity index is 2.06. The van der Waals surface area contributed by atoms with Crippen LogP contribution < -0.4 is 0 Å². The second-order valence-corrected chi connectivity index (χ2v) is 5.37. The molecule has 0 N–H and O–H groups in total. The molecule has 0 aromatic carbocycles. The molecule has 0 aromatic rings. The third-order valence-electron chi connectivity index (χ3n) is 4.13. The van der Waals surface area contributed by atoms with E-state index < -0.39 is 0 Å². The van der Waals surface area contributed by atoms with Crippen molar-refractivity contribution in [2.24, 2.45) is 11.3 Å². The van der Waals surface area contributed by atoms with E-state index in [0.717, 1.165) is 6.42 Å². The molecule has 1 saturated heterocycles. The quantitative estimate of drug-likeness (QED) is 0.704. The molecule has 1 heterocycles. The van der Waals surface area contributed by atoms with Crippen molar-refractivity contribution in [3.8, 4) is 6.07 Å². The smallest absolute Gasteiger partial charge is 0.224 e. The molecule has 2 fully saturated rings. The van der Waals surface area contributed by atoms with E-state index in [0.29, 0.717) is 13.0 Å². The number of carbonyl (C=O) groups excluding carboxylic acids is 1. The first-order valence-electron chi connectivity index (χ1n) is 5.72. The van der Waals surface area contributed by atoms with Gasteiger partial charge in [-0.3, -0.25) is 4.79 Å². The lowest BCUT2D eigenvalue weighted by molar-refractivity contribution is -0.156. The number of likely N-dealkylation sites (tertiary alicyclic amines) is 1. The maximum atomic E-state index is 11.8. The van der Waals surface area contributed by atoms with Gasteiger partial charge in [0.15, 0.2) is 0 Å². The fraction of sp³-hybridized carbons (Fsp3) is 0.833. The molecule has 0 radical (unpaired) electrons. The number of nitrogens with zero attached hydrogens (tertiary/aromatic N) is 2. The number of amides is 1. The van der Waals surface area contributed by atoms with Gasteiger partial charge in [0.05, 0.1) is 18.1 Å². The molecular formula is C12H18N2O2. The predicted molar refractivity (Wildman–Crippen MR) is 58.4 cm³/mol. The fourth-order valence-corrected chi connectivity index (χ4v) is 2.91. The zero-order valence-electron chi connectivity index (χ0n) is 10.1. The van der Waals surface area contributed by atoms with Crippen molar-refractivity contribution in [3.05, 3.63) is 0 Å². The summed E-state index contributed by atoms with van der Waals surface area (Å²) in [5.74, 6) is 0.00377. The van der Waals surface area contributed by atoms with Crippen LogP contribution in [0.4, 0.5) is 0 Å². The number of hydrogen-bond acceptors (Lipinski definition) is 3. The van der Waals surface area contributed by atoms with Gasteiger partial charge in [0.25, 0.3) is 0 Å². The van der Waals surface area contributed by atoms with Crippen LogP contribution >= 0.6 is 0 Å². The van der Waals surface area contributed by atoms with Gasteiger partial charge in [-0.15, -0.1) is 0 Å². The van der Waals surface area contributed by atoms with Crippen LogP contribution in [-0.2, 0) is 9.53 Å². The molecule has 1 saturated carbocycles. The van der Waals surface area contributed by atoms with Crippen molar-refractivity contribution < 1.29 is 9.53 Å². The first kappa shape index (κ1) is 11.4. The summed E-state index contributed by atoms with van der Waals surface area (Å²) in [6, 6.07) is 2.43. The SMILES string of the molecule is COC1CC(N2CC(C#N)CC2=O)C1(C)C. The lowest BCUT2D eigenvalue weighted by Crippen LogP contribution is -2.62. The van der Waals surface area contributed by atoms with E-state index in [1.54, 1.807) is 7.11 Å². The third-order valence-corrected chi connectivity index (χ3v) is 4.13. The Hall–Kier alpha value is -1.08. The number of carbonyl (C=O) groups is 1. The Bertz CT molecular complexity index is 345. The van der Waals surface area contributed by atoms with Gasteiger partial charge in [-0.1, -0.05) is 13.8 Å². The molecule has 4 heteroatoms. The van der Waals surface area contributed by atoms with E-state index in [-0.39, 0.29) is 29.4 Å². The van der Waals surface area contributed by atoms with Crippen LogP contribution in [0.15, 0.2) is 0 Å². The molecule has 2 aliphatic rings. The molecular weight excluding hydrogens is 204 g/mol. The average molecular weight is 222 g/mol. The number of methoxy groups -OCH3 is 1. The van der Waals surface area contributed by atoms with Crippen LogP contribution in [0.2, 0.25) is 0 Å². The van der Waals surface area contributed by atoms with E-state index >= 15 is 0 Å². The average Bonchev–Trinajstić information content (AvgIpc) is 2.59. The molecule has 16 heavy (non-hydrogen) atoms. The molecule has 0 aromatic heterocycles. The summed E-state index contributed by atoms with van der Waals surface area (Å²) in [5, 5.41) is 8.85. The largest absolute Gasteiger partial charge is 0.381 e. The molecule has 0 spiro atoms. The van der Waals surface area contributed by atoms with E-state index in [2.05, 4.69) is 19.9 Å². The molecule has 1 aliphatic heterocycles. The number of nitriles is 1. The van der Waals surface area contributed by atoms with Gasteiger partial charge < -0.3 is 9.64 Å². The normalized spacial score (nSPS) is 37.0. The zero-order valence-corrected chi connectivity index (χ0v) is 10.1. The van der Waals surface area contributed by atoms with E-state index in [1.165, 1.54) is 0 Å². The van der Waals surface area contributed by atoms with Gasteiger partial charge in [0, 0.05) is 31.5 Å². The highest BCUT2D eigenvalue weighted by atomic mass is 16.5. The van der Waals surface area contributed by atoms with Gasteiger partial charge in [0.1, 0.15) is 0 Å². The van der Waals surface area contributed by atoms with Crippen molar-refractivity contribution in [3.63, 3.8) is 0 Å². The summed E-state index contributed by atoms with van der Waals surface area (Å²) in [6.45, 7) is 4.85.